The van der Waals surface area contributed by atoms with Crippen molar-refractivity contribution in [3.63, 3.8) is 0 Å². The van der Waals surface area contributed by atoms with Crippen LogP contribution in [0.2, 0.25) is 0 Å². The van der Waals surface area contributed by atoms with Crippen LogP contribution >= 0.6 is 0 Å². The topological polar surface area (TPSA) is 121 Å². The first-order chi connectivity index (χ1) is 22.2. The first-order valence-electron chi connectivity index (χ1n) is 16.2. The van der Waals surface area contributed by atoms with Crippen LogP contribution in [0, 0.1) is 17.8 Å². The molecule has 0 aliphatic carbocycles. The molecule has 11 nitrogen and oxygen atoms in total. The highest BCUT2D eigenvalue weighted by Crippen LogP contribution is 2.59. The minimum absolute atomic E-state index is 0.111. The van der Waals surface area contributed by atoms with Gasteiger partial charge in [0.2, 0.25) is 11.8 Å². The number of likely N-dealkylation sites (tertiary alicyclic amines) is 1. The number of aliphatic hydroxyl groups excluding tert-OH is 1. The molecule has 2 saturated heterocycles. The fraction of sp³-hybridized carbons (Fsp3) is 0.457. The Labute approximate surface area is 268 Å². The van der Waals surface area contributed by atoms with Gasteiger partial charge in [0, 0.05) is 18.8 Å². The maximum Gasteiger partial charge on any atom is 0.250 e. The van der Waals surface area contributed by atoms with Crippen molar-refractivity contribution in [2.24, 2.45) is 17.8 Å². The molecule has 3 amide bonds. The van der Waals surface area contributed by atoms with E-state index in [9.17, 15) is 19.5 Å². The molecule has 7 rings (SSSR count). The van der Waals surface area contributed by atoms with Crippen molar-refractivity contribution in [1.82, 2.24) is 24.8 Å². The van der Waals surface area contributed by atoms with Crippen LogP contribution in [0.3, 0.4) is 0 Å². The van der Waals surface area contributed by atoms with Gasteiger partial charge in [-0.3, -0.25) is 14.4 Å². The van der Waals surface area contributed by atoms with E-state index in [1.807, 2.05) is 99.7 Å². The summed E-state index contributed by atoms with van der Waals surface area (Å²) in [7, 11) is 0. The van der Waals surface area contributed by atoms with Crippen LogP contribution in [0.4, 0.5) is 5.69 Å². The van der Waals surface area contributed by atoms with Gasteiger partial charge < -0.3 is 24.5 Å². The number of ether oxygens (including phenoxy) is 1. The first-order valence-corrected chi connectivity index (χ1v) is 16.2. The highest BCUT2D eigenvalue weighted by molar-refractivity contribution is 6.04. The lowest BCUT2D eigenvalue weighted by atomic mass is 9.73. The molecule has 240 valence electrons. The van der Waals surface area contributed by atoms with Crippen molar-refractivity contribution in [3.8, 4) is 0 Å². The van der Waals surface area contributed by atoms with Crippen molar-refractivity contribution in [1.29, 1.82) is 0 Å². The third-order valence-electron chi connectivity index (χ3n) is 10.1. The van der Waals surface area contributed by atoms with Crippen LogP contribution in [0.15, 0.2) is 78.9 Å². The van der Waals surface area contributed by atoms with E-state index in [4.69, 9.17) is 4.74 Å². The van der Waals surface area contributed by atoms with E-state index in [-0.39, 0.29) is 43.5 Å². The smallest absolute Gasteiger partial charge is 0.250 e. The van der Waals surface area contributed by atoms with Gasteiger partial charge in [-0.1, -0.05) is 80.6 Å². The van der Waals surface area contributed by atoms with Gasteiger partial charge in [-0.25, -0.2) is 4.68 Å². The second kappa shape index (κ2) is 11.5. The predicted octanol–water partition coefficient (Wildman–Crippen LogP) is 3.16. The highest BCUT2D eigenvalue weighted by atomic mass is 16.5. The quantitative estimate of drug-likeness (QED) is 0.383. The normalized spacial score (nSPS) is 29.7. The third-order valence-corrected chi connectivity index (χ3v) is 10.1. The van der Waals surface area contributed by atoms with Crippen LogP contribution in [0.5, 0.6) is 0 Å². The molecule has 1 N–H and O–H groups in total. The van der Waals surface area contributed by atoms with Gasteiger partial charge in [-0.2, -0.15) is 0 Å². The number of fused-ring (bicyclic) bond motifs is 3. The van der Waals surface area contributed by atoms with Gasteiger partial charge in [0.25, 0.3) is 5.91 Å². The maximum absolute atomic E-state index is 14.9. The zero-order valence-corrected chi connectivity index (χ0v) is 26.4. The molecule has 1 aromatic heterocycles. The maximum atomic E-state index is 14.9. The molecule has 2 fully saturated rings. The molecular formula is C35H40N6O5. The molecule has 3 aromatic rings. The predicted molar refractivity (Wildman–Crippen MR) is 171 cm³/mol. The van der Waals surface area contributed by atoms with Crippen molar-refractivity contribution in [2.75, 3.05) is 24.6 Å². The number of anilines is 1. The lowest BCUT2D eigenvalue weighted by Crippen LogP contribution is -2.59. The average molecular weight is 625 g/mol. The molecule has 6 atom stereocenters. The van der Waals surface area contributed by atoms with E-state index >= 15 is 0 Å². The SMILES string of the molecule is CC[C@]12C=CCN(c3ccccc3)C(=O)[C@H]1[C@H]1C(=O)N([C@@H](CO)CC(C)C)C3C(=O)N(Cn4nnc5ccccc54)CC=C[C@@]31O2. The van der Waals surface area contributed by atoms with Crippen molar-refractivity contribution >= 4 is 34.4 Å². The number of rotatable bonds is 8. The van der Waals surface area contributed by atoms with Crippen LogP contribution in [0.1, 0.15) is 33.6 Å². The number of hydrogen-bond acceptors (Lipinski definition) is 7. The summed E-state index contributed by atoms with van der Waals surface area (Å²) in [6.45, 7) is 6.38. The standard InChI is InChI=1S/C35H40N6O5/c1-4-34-16-10-19-39(24-12-6-5-7-13-24)31(43)28(34)29-32(44)41(25(21-42)20-23(2)3)30-33(45)38(18-11-17-35(29,30)46-34)22-40-27-15-9-8-14-26(27)36-37-40/h5-17,23,25,28-30,42H,4,18-22H2,1-3H3/t25-,28-,29+,30?,34+,35+/m1/s1. The lowest BCUT2D eigenvalue weighted by Gasteiger charge is -2.41. The minimum atomic E-state index is -1.42. The summed E-state index contributed by atoms with van der Waals surface area (Å²) in [5, 5.41) is 19.2. The Balaban J connectivity index is 1.35. The van der Waals surface area contributed by atoms with Crippen molar-refractivity contribution in [3.05, 3.63) is 78.9 Å². The summed E-state index contributed by atoms with van der Waals surface area (Å²) in [6.07, 6.45) is 8.51. The average Bonchev–Trinajstić information content (AvgIpc) is 3.60. The Kier molecular flexibility index (Phi) is 7.56. The number of carbonyl (C=O) groups excluding carboxylic acids is 3. The largest absolute Gasteiger partial charge is 0.394 e. The zero-order chi connectivity index (χ0) is 32.2. The molecule has 2 aromatic carbocycles. The van der Waals surface area contributed by atoms with Gasteiger partial charge in [0.1, 0.15) is 23.8 Å². The molecule has 5 heterocycles. The number of aromatic nitrogens is 3. The second-order valence-electron chi connectivity index (χ2n) is 13.2. The van der Waals surface area contributed by atoms with Crippen LogP contribution < -0.4 is 4.90 Å². The summed E-state index contributed by atoms with van der Waals surface area (Å²) < 4.78 is 8.78. The molecule has 4 aliphatic heterocycles. The zero-order valence-electron chi connectivity index (χ0n) is 26.4. The van der Waals surface area contributed by atoms with Crippen LogP contribution in [0.25, 0.3) is 11.0 Å². The Morgan fingerprint density at radius 3 is 2.41 bits per heavy atom. The first kappa shape index (κ1) is 30.3. The van der Waals surface area contributed by atoms with Gasteiger partial charge in [-0.15, -0.1) is 5.10 Å². The number of hydrogen-bond donors (Lipinski definition) is 1. The van der Waals surface area contributed by atoms with E-state index in [0.717, 1.165) is 11.2 Å². The molecule has 0 radical (unpaired) electrons. The summed E-state index contributed by atoms with van der Waals surface area (Å²) in [5.74, 6) is -2.57. The number of carbonyl (C=O) groups is 3. The Hall–Kier alpha value is -4.35. The van der Waals surface area contributed by atoms with Gasteiger partial charge in [-0.05, 0) is 43.0 Å². The van der Waals surface area contributed by atoms with Crippen molar-refractivity contribution < 1.29 is 24.2 Å². The second-order valence-corrected chi connectivity index (χ2v) is 13.2. The molecular weight excluding hydrogens is 584 g/mol. The molecule has 1 unspecified atom stereocenters. The van der Waals surface area contributed by atoms with Gasteiger partial charge in [0.05, 0.1) is 35.6 Å². The molecule has 46 heavy (non-hydrogen) atoms. The molecule has 0 bridgehead atoms. The van der Waals surface area contributed by atoms with Gasteiger partial charge in [0.15, 0.2) is 0 Å². The summed E-state index contributed by atoms with van der Waals surface area (Å²) in [4.78, 5) is 49.4. The van der Waals surface area contributed by atoms with Crippen LogP contribution in [-0.2, 0) is 25.8 Å². The minimum Gasteiger partial charge on any atom is -0.394 e. The van der Waals surface area contributed by atoms with Crippen molar-refractivity contribution in [2.45, 2.75) is 63.6 Å². The molecule has 11 heteroatoms. The highest BCUT2D eigenvalue weighted by Gasteiger charge is 2.76. The Bertz CT molecular complexity index is 1720. The monoisotopic (exact) mass is 624 g/mol. The number of amides is 3. The molecule has 4 aliphatic rings. The number of nitrogens with zero attached hydrogens (tertiary/aromatic N) is 6. The number of aliphatic hydroxyl groups is 1. The van der Waals surface area contributed by atoms with E-state index in [2.05, 4.69) is 10.3 Å². The van der Waals surface area contributed by atoms with Crippen LogP contribution in [-0.4, -0.2) is 90.6 Å². The van der Waals surface area contributed by atoms with E-state index in [0.29, 0.717) is 24.9 Å². The number of para-hydroxylation sites is 2. The Morgan fingerprint density at radius 1 is 0.935 bits per heavy atom. The lowest BCUT2D eigenvalue weighted by molar-refractivity contribution is -0.157. The summed E-state index contributed by atoms with van der Waals surface area (Å²) >= 11 is 0. The molecule has 0 saturated carbocycles. The fourth-order valence-electron chi connectivity index (χ4n) is 8.11. The summed E-state index contributed by atoms with van der Waals surface area (Å²) in [5.41, 5.74) is -0.290. The Morgan fingerprint density at radius 2 is 1.67 bits per heavy atom. The molecule has 1 spiro atoms. The third kappa shape index (κ3) is 4.51. The van der Waals surface area contributed by atoms with E-state index in [1.165, 1.54) is 0 Å². The van der Waals surface area contributed by atoms with Gasteiger partial charge >= 0.3 is 0 Å². The van der Waals surface area contributed by atoms with E-state index < -0.39 is 35.1 Å². The summed E-state index contributed by atoms with van der Waals surface area (Å²) in [6, 6.07) is 15.2. The fourth-order valence-corrected chi connectivity index (χ4v) is 8.11. The number of benzene rings is 2. The van der Waals surface area contributed by atoms with E-state index in [1.54, 1.807) is 19.4 Å².